The van der Waals surface area contributed by atoms with E-state index >= 15 is 0 Å². The van der Waals surface area contributed by atoms with Gasteiger partial charge in [-0.1, -0.05) is 56.2 Å². The van der Waals surface area contributed by atoms with Crippen molar-refractivity contribution in [1.82, 2.24) is 4.57 Å². The number of hydrogen-bond donors (Lipinski definition) is 2. The number of carbonyl (C=O) groups is 1. The molecule has 148 valence electrons. The number of carbonyl (C=O) groups excluding carboxylic acids is 1. The van der Waals surface area contributed by atoms with Gasteiger partial charge >= 0.3 is 0 Å². The van der Waals surface area contributed by atoms with E-state index in [-0.39, 0.29) is 5.75 Å². The summed E-state index contributed by atoms with van der Waals surface area (Å²) in [7, 11) is 0. The van der Waals surface area contributed by atoms with Gasteiger partial charge in [0.05, 0.1) is 16.4 Å². The normalized spacial score (nSPS) is 11.3. The molecule has 0 unspecified atom stereocenters. The van der Waals surface area contributed by atoms with Crippen molar-refractivity contribution in [3.8, 4) is 5.75 Å². The molecule has 4 aromatic rings. The summed E-state index contributed by atoms with van der Waals surface area (Å²) < 4.78 is 2.18. The van der Waals surface area contributed by atoms with Crippen molar-refractivity contribution in [2.24, 2.45) is 5.73 Å². The summed E-state index contributed by atoms with van der Waals surface area (Å²) in [6.07, 6.45) is 4.34. The number of primary amides is 1. The maximum absolute atomic E-state index is 12.1. The average molecular weight is 386 g/mol. The quantitative estimate of drug-likeness (QED) is 0.419. The molecule has 0 fully saturated rings. The summed E-state index contributed by atoms with van der Waals surface area (Å²) >= 11 is 0. The van der Waals surface area contributed by atoms with Crippen molar-refractivity contribution in [2.45, 2.75) is 39.2 Å². The summed E-state index contributed by atoms with van der Waals surface area (Å²) in [5.41, 5.74) is 10.2. The molecule has 0 aliphatic rings. The number of aromatic hydroxyl groups is 1. The van der Waals surface area contributed by atoms with E-state index in [1.54, 1.807) is 6.07 Å². The van der Waals surface area contributed by atoms with E-state index in [1.807, 2.05) is 36.4 Å². The maximum Gasteiger partial charge on any atom is 0.249 e. The first-order valence-corrected chi connectivity index (χ1v) is 10.2. The van der Waals surface area contributed by atoms with Gasteiger partial charge in [-0.3, -0.25) is 4.79 Å². The summed E-state index contributed by atoms with van der Waals surface area (Å²) in [6, 6.07) is 19.8. The Balaban J connectivity index is 1.98. The molecular formula is C25H26N2O2. The van der Waals surface area contributed by atoms with Gasteiger partial charge in [-0.25, -0.2) is 0 Å². The molecule has 0 aliphatic heterocycles. The standard InChI is InChI=1S/C25H26N2O2/c1-2-3-5-11-18-14-21-24(22(28)15-18)23-19(25(26)29)12-8-13-20(23)27(21)16-17-9-6-4-7-10-17/h4,6-10,12-15,28H,2-3,5,11,16H2,1H3,(H2,26,29). The second kappa shape index (κ2) is 8.00. The third-order valence-corrected chi connectivity index (χ3v) is 5.55. The maximum atomic E-state index is 12.1. The van der Waals surface area contributed by atoms with Crippen LogP contribution in [0.4, 0.5) is 0 Å². The number of benzene rings is 3. The van der Waals surface area contributed by atoms with Gasteiger partial charge in [0.15, 0.2) is 0 Å². The van der Waals surface area contributed by atoms with Gasteiger partial charge in [-0.05, 0) is 48.2 Å². The molecule has 4 rings (SSSR count). The molecule has 3 N–H and O–H groups in total. The van der Waals surface area contributed by atoms with Crippen molar-refractivity contribution in [3.63, 3.8) is 0 Å². The highest BCUT2D eigenvalue weighted by molar-refractivity contribution is 6.19. The lowest BCUT2D eigenvalue weighted by Gasteiger charge is -2.10. The number of aryl methyl sites for hydroxylation is 1. The van der Waals surface area contributed by atoms with Crippen LogP contribution < -0.4 is 5.73 Å². The van der Waals surface area contributed by atoms with Crippen LogP contribution in [-0.4, -0.2) is 15.6 Å². The van der Waals surface area contributed by atoms with E-state index in [2.05, 4.69) is 29.7 Å². The SMILES string of the molecule is CCCCCc1cc(O)c2c3c(C(N)=O)cccc3n(Cc3ccccc3)c2c1. The molecule has 0 saturated heterocycles. The number of unbranched alkanes of at least 4 members (excludes halogenated alkanes) is 2. The molecule has 0 saturated carbocycles. The van der Waals surface area contributed by atoms with Crippen LogP contribution in [-0.2, 0) is 13.0 Å². The van der Waals surface area contributed by atoms with Gasteiger partial charge in [0, 0.05) is 17.5 Å². The van der Waals surface area contributed by atoms with Crippen LogP contribution in [0, 0.1) is 0 Å². The number of hydrogen-bond acceptors (Lipinski definition) is 2. The van der Waals surface area contributed by atoms with Crippen LogP contribution in [0.25, 0.3) is 21.8 Å². The predicted octanol–water partition coefficient (Wildman–Crippen LogP) is 5.38. The highest BCUT2D eigenvalue weighted by Crippen LogP contribution is 2.38. The number of fused-ring (bicyclic) bond motifs is 3. The fourth-order valence-electron chi connectivity index (χ4n) is 4.16. The Morgan fingerprint density at radius 2 is 1.72 bits per heavy atom. The predicted molar refractivity (Wildman–Crippen MR) is 118 cm³/mol. The summed E-state index contributed by atoms with van der Waals surface area (Å²) in [6.45, 7) is 2.84. The van der Waals surface area contributed by atoms with Crippen LogP contribution in [0.15, 0.2) is 60.7 Å². The number of phenols is 1. The molecule has 0 spiro atoms. The second-order valence-corrected chi connectivity index (χ2v) is 7.60. The molecule has 4 heteroatoms. The lowest BCUT2D eigenvalue weighted by atomic mass is 10.0. The number of amides is 1. The Kier molecular flexibility index (Phi) is 5.26. The number of nitrogens with zero attached hydrogens (tertiary/aromatic N) is 1. The molecule has 1 amide bonds. The Hall–Kier alpha value is -3.27. The monoisotopic (exact) mass is 386 g/mol. The van der Waals surface area contributed by atoms with Crippen LogP contribution in [0.3, 0.4) is 0 Å². The van der Waals surface area contributed by atoms with E-state index in [0.717, 1.165) is 53.2 Å². The topological polar surface area (TPSA) is 68.2 Å². The third kappa shape index (κ3) is 3.58. The number of phenolic OH excluding ortho intramolecular Hbond substituents is 1. The lowest BCUT2D eigenvalue weighted by molar-refractivity contribution is 0.100. The zero-order valence-corrected chi connectivity index (χ0v) is 16.7. The Labute approximate surface area is 170 Å². The fourth-order valence-corrected chi connectivity index (χ4v) is 4.16. The van der Waals surface area contributed by atoms with Gasteiger partial charge in [0.25, 0.3) is 0 Å². The third-order valence-electron chi connectivity index (χ3n) is 5.55. The lowest BCUT2D eigenvalue weighted by Crippen LogP contribution is -2.11. The Bertz CT molecular complexity index is 1180. The summed E-state index contributed by atoms with van der Waals surface area (Å²) in [5, 5.41) is 12.4. The minimum Gasteiger partial charge on any atom is -0.507 e. The average Bonchev–Trinajstić information content (AvgIpc) is 3.03. The fraction of sp³-hybridized carbons (Fsp3) is 0.240. The van der Waals surface area contributed by atoms with E-state index in [0.29, 0.717) is 17.5 Å². The first-order valence-electron chi connectivity index (χ1n) is 10.2. The van der Waals surface area contributed by atoms with Crippen molar-refractivity contribution in [3.05, 3.63) is 77.4 Å². The second-order valence-electron chi connectivity index (χ2n) is 7.60. The zero-order valence-electron chi connectivity index (χ0n) is 16.7. The van der Waals surface area contributed by atoms with Crippen molar-refractivity contribution >= 4 is 27.7 Å². The molecule has 1 heterocycles. The minimum absolute atomic E-state index is 0.208. The van der Waals surface area contributed by atoms with E-state index < -0.39 is 5.91 Å². The number of nitrogens with two attached hydrogens (primary N) is 1. The minimum atomic E-state index is -0.485. The highest BCUT2D eigenvalue weighted by atomic mass is 16.3. The first kappa shape index (κ1) is 19.1. The Morgan fingerprint density at radius 1 is 0.931 bits per heavy atom. The van der Waals surface area contributed by atoms with E-state index in [1.165, 1.54) is 0 Å². The van der Waals surface area contributed by atoms with Crippen LogP contribution in [0.1, 0.15) is 47.7 Å². The molecule has 29 heavy (non-hydrogen) atoms. The molecular weight excluding hydrogens is 360 g/mol. The molecule has 0 radical (unpaired) electrons. The van der Waals surface area contributed by atoms with Crippen molar-refractivity contribution < 1.29 is 9.90 Å². The molecule has 4 nitrogen and oxygen atoms in total. The Morgan fingerprint density at radius 3 is 2.45 bits per heavy atom. The molecule has 1 aromatic heterocycles. The van der Waals surface area contributed by atoms with Crippen LogP contribution >= 0.6 is 0 Å². The molecule has 0 bridgehead atoms. The molecule has 0 atom stereocenters. The molecule has 3 aromatic carbocycles. The first-order chi connectivity index (χ1) is 14.1. The zero-order chi connectivity index (χ0) is 20.4. The largest absolute Gasteiger partial charge is 0.507 e. The van der Waals surface area contributed by atoms with E-state index in [9.17, 15) is 9.90 Å². The van der Waals surface area contributed by atoms with Crippen molar-refractivity contribution in [2.75, 3.05) is 0 Å². The number of aromatic nitrogens is 1. The number of rotatable bonds is 7. The van der Waals surface area contributed by atoms with Gasteiger partial charge in [0.2, 0.25) is 5.91 Å². The van der Waals surface area contributed by atoms with Gasteiger partial charge in [-0.15, -0.1) is 0 Å². The smallest absolute Gasteiger partial charge is 0.249 e. The van der Waals surface area contributed by atoms with Gasteiger partial charge < -0.3 is 15.4 Å². The van der Waals surface area contributed by atoms with E-state index in [4.69, 9.17) is 5.73 Å². The van der Waals surface area contributed by atoms with Crippen LogP contribution in [0.2, 0.25) is 0 Å². The highest BCUT2D eigenvalue weighted by Gasteiger charge is 2.19. The van der Waals surface area contributed by atoms with Gasteiger partial charge in [0.1, 0.15) is 5.75 Å². The summed E-state index contributed by atoms with van der Waals surface area (Å²) in [4.78, 5) is 12.1. The van der Waals surface area contributed by atoms with Crippen LogP contribution in [0.5, 0.6) is 5.75 Å². The van der Waals surface area contributed by atoms with Gasteiger partial charge in [-0.2, -0.15) is 0 Å². The summed E-state index contributed by atoms with van der Waals surface area (Å²) in [5.74, 6) is -0.278. The van der Waals surface area contributed by atoms with Crippen molar-refractivity contribution in [1.29, 1.82) is 0 Å². The molecule has 0 aliphatic carbocycles.